The minimum absolute atomic E-state index is 0.115. The Morgan fingerprint density at radius 3 is 1.89 bits per heavy atom. The average Bonchev–Trinajstić information content (AvgIpc) is 2.96. The number of hydrogen-bond donors (Lipinski definition) is 0. The van der Waals surface area contributed by atoms with Gasteiger partial charge in [-0.05, 0) is 24.2 Å². The number of hydrogen-bond acceptors (Lipinski definition) is 6. The second kappa shape index (κ2) is 9.91. The molecule has 0 saturated carbocycles. The maximum absolute atomic E-state index is 12.1. The number of benzene rings is 1. The van der Waals surface area contributed by atoms with E-state index in [1.807, 2.05) is 0 Å². The fourth-order valence-electron chi connectivity index (χ4n) is 2.52. The van der Waals surface area contributed by atoms with E-state index >= 15 is 0 Å². The summed E-state index contributed by atoms with van der Waals surface area (Å²) in [4.78, 5) is 12.1. The van der Waals surface area contributed by atoms with Crippen LogP contribution in [0.15, 0.2) is 12.1 Å². The van der Waals surface area contributed by atoms with Crippen LogP contribution in [0.2, 0.25) is 51.4 Å². The topological polar surface area (TPSA) is 63.2 Å². The Hall–Kier alpha value is -1.36. The average molecular weight is 427 g/mol. The number of fused-ring (bicyclic) bond motifs is 1. The van der Waals surface area contributed by atoms with Gasteiger partial charge in [0.2, 0.25) is 0 Å². The van der Waals surface area contributed by atoms with Crippen molar-refractivity contribution in [3.05, 3.63) is 23.3 Å². The fourth-order valence-corrected chi connectivity index (χ4v) is 4.04. The molecule has 0 aliphatic carbocycles. The smallest absolute Gasteiger partial charge is 0.342 e. The first-order valence-electron chi connectivity index (χ1n) is 9.81. The Labute approximate surface area is 170 Å². The van der Waals surface area contributed by atoms with Crippen LogP contribution >= 0.6 is 0 Å². The first-order valence-corrected chi connectivity index (χ1v) is 17.2. The monoisotopic (exact) mass is 426 g/mol. The number of esters is 1. The lowest BCUT2D eigenvalue weighted by Gasteiger charge is -2.17. The van der Waals surface area contributed by atoms with Crippen molar-refractivity contribution in [2.24, 2.45) is 0 Å². The molecule has 0 aromatic heterocycles. The molecule has 158 valence electrons. The Morgan fingerprint density at radius 2 is 1.36 bits per heavy atom. The highest BCUT2D eigenvalue weighted by Crippen LogP contribution is 2.36. The van der Waals surface area contributed by atoms with Gasteiger partial charge in [0.1, 0.15) is 23.7 Å². The van der Waals surface area contributed by atoms with E-state index in [4.69, 9.17) is 23.7 Å². The first-order chi connectivity index (χ1) is 13.1. The van der Waals surface area contributed by atoms with Crippen LogP contribution in [0.3, 0.4) is 0 Å². The van der Waals surface area contributed by atoms with E-state index in [2.05, 4.69) is 39.3 Å². The molecule has 1 aliphatic heterocycles. The molecule has 1 aromatic carbocycles. The quantitative estimate of drug-likeness (QED) is 0.208. The van der Waals surface area contributed by atoms with Gasteiger partial charge in [0.25, 0.3) is 0 Å². The molecule has 0 fully saturated rings. The van der Waals surface area contributed by atoms with Crippen molar-refractivity contribution in [3.63, 3.8) is 0 Å². The third kappa shape index (κ3) is 7.58. The predicted octanol–water partition coefficient (Wildman–Crippen LogP) is 4.74. The summed E-state index contributed by atoms with van der Waals surface area (Å²) in [6, 6.07) is 5.67. The summed E-state index contributed by atoms with van der Waals surface area (Å²) < 4.78 is 27.7. The lowest BCUT2D eigenvalue weighted by molar-refractivity contribution is 0.0190. The number of ether oxygens (including phenoxy) is 5. The van der Waals surface area contributed by atoms with Crippen molar-refractivity contribution in [2.45, 2.75) is 58.0 Å². The minimum atomic E-state index is -1.13. The highest BCUT2D eigenvalue weighted by atomic mass is 28.3. The molecule has 0 saturated heterocycles. The van der Waals surface area contributed by atoms with Gasteiger partial charge in [-0.25, -0.2) is 4.79 Å². The molecule has 0 N–H and O–H groups in total. The van der Waals surface area contributed by atoms with Gasteiger partial charge in [-0.1, -0.05) is 39.3 Å². The van der Waals surface area contributed by atoms with Crippen molar-refractivity contribution < 1.29 is 28.5 Å². The Morgan fingerprint density at radius 1 is 0.857 bits per heavy atom. The van der Waals surface area contributed by atoms with Gasteiger partial charge in [0.15, 0.2) is 13.6 Å². The zero-order chi connectivity index (χ0) is 20.8. The Kier molecular flexibility index (Phi) is 8.11. The van der Waals surface area contributed by atoms with E-state index in [-0.39, 0.29) is 20.2 Å². The summed E-state index contributed by atoms with van der Waals surface area (Å²) in [6.45, 7) is 15.6. The third-order valence-corrected chi connectivity index (χ3v) is 7.78. The Bertz CT molecular complexity index is 664. The molecule has 0 bridgehead atoms. The summed E-state index contributed by atoms with van der Waals surface area (Å²) in [5, 5.41) is 0. The van der Waals surface area contributed by atoms with E-state index in [1.54, 1.807) is 12.1 Å². The largest absolute Gasteiger partial charge is 0.467 e. The molecule has 6 nitrogen and oxygen atoms in total. The molecule has 1 aromatic rings. The van der Waals surface area contributed by atoms with Crippen molar-refractivity contribution in [1.82, 2.24) is 0 Å². The first kappa shape index (κ1) is 22.9. The van der Waals surface area contributed by atoms with Crippen molar-refractivity contribution in [3.8, 4) is 11.5 Å². The minimum Gasteiger partial charge on any atom is -0.467 e. The molecule has 1 aliphatic rings. The van der Waals surface area contributed by atoms with Crippen LogP contribution in [-0.4, -0.2) is 48.9 Å². The normalized spacial score (nSPS) is 14.0. The predicted molar refractivity (Wildman–Crippen MR) is 115 cm³/mol. The van der Waals surface area contributed by atoms with Crippen LogP contribution in [0.1, 0.15) is 15.9 Å². The summed E-state index contributed by atoms with van der Waals surface area (Å²) in [5.41, 5.74) is 1.13. The van der Waals surface area contributed by atoms with Crippen LogP contribution in [0.5, 0.6) is 11.5 Å². The lowest BCUT2D eigenvalue weighted by atomic mass is 10.1. The van der Waals surface area contributed by atoms with Crippen molar-refractivity contribution in [2.75, 3.05) is 26.8 Å². The zero-order valence-corrected chi connectivity index (χ0v) is 20.1. The molecule has 0 spiro atoms. The standard InChI is InChI=1S/C20H34O6Si2/c1-27(2,3)11-9-22-14-25-17-7-8-18(19-16(17)13-24-20(19)21)26-15-23-10-12-28(4,5)6/h7-8H,9-15H2,1-6H3. The number of carbonyl (C=O) groups is 1. The third-order valence-electron chi connectivity index (χ3n) is 4.37. The molecule has 1 heterocycles. The summed E-state index contributed by atoms with van der Waals surface area (Å²) in [7, 11) is -2.25. The van der Waals surface area contributed by atoms with E-state index in [1.165, 1.54) is 0 Å². The van der Waals surface area contributed by atoms with E-state index in [0.29, 0.717) is 35.8 Å². The molecule has 2 rings (SSSR count). The van der Waals surface area contributed by atoms with Gasteiger partial charge in [0, 0.05) is 34.9 Å². The molecule has 0 atom stereocenters. The fraction of sp³-hybridized carbons (Fsp3) is 0.650. The van der Waals surface area contributed by atoms with Crippen LogP contribution in [-0.2, 0) is 20.8 Å². The lowest BCUT2D eigenvalue weighted by Crippen LogP contribution is -2.22. The molecule has 28 heavy (non-hydrogen) atoms. The summed E-state index contributed by atoms with van der Waals surface area (Å²) in [6.07, 6.45) is 0. The van der Waals surface area contributed by atoms with Gasteiger partial charge >= 0.3 is 5.97 Å². The van der Waals surface area contributed by atoms with Gasteiger partial charge in [-0.2, -0.15) is 0 Å². The van der Waals surface area contributed by atoms with Crippen LogP contribution < -0.4 is 9.47 Å². The van der Waals surface area contributed by atoms with E-state index < -0.39 is 22.1 Å². The van der Waals surface area contributed by atoms with Crippen molar-refractivity contribution in [1.29, 1.82) is 0 Å². The van der Waals surface area contributed by atoms with E-state index in [0.717, 1.165) is 12.1 Å². The number of cyclic esters (lactones) is 1. The zero-order valence-electron chi connectivity index (χ0n) is 18.1. The molecule has 8 heteroatoms. The number of rotatable bonds is 12. The maximum Gasteiger partial charge on any atom is 0.342 e. The molecule has 0 unspecified atom stereocenters. The van der Waals surface area contributed by atoms with Gasteiger partial charge < -0.3 is 23.7 Å². The van der Waals surface area contributed by atoms with Crippen molar-refractivity contribution >= 4 is 22.1 Å². The maximum atomic E-state index is 12.1. The SMILES string of the molecule is C[Si](C)(C)CCOCOc1ccc(OCOCC[Si](C)(C)C)c2c1COC2=O. The van der Waals surface area contributed by atoms with Crippen LogP contribution in [0.4, 0.5) is 0 Å². The summed E-state index contributed by atoms with van der Waals surface area (Å²) >= 11 is 0. The van der Waals surface area contributed by atoms with E-state index in [9.17, 15) is 4.79 Å². The van der Waals surface area contributed by atoms with Crippen LogP contribution in [0, 0.1) is 0 Å². The van der Waals surface area contributed by atoms with Crippen LogP contribution in [0.25, 0.3) is 0 Å². The molecular formula is C20H34O6Si2. The molecule has 0 amide bonds. The summed E-state index contributed by atoms with van der Waals surface area (Å²) in [5.74, 6) is 0.676. The highest BCUT2D eigenvalue weighted by molar-refractivity contribution is 6.76. The molecule has 0 radical (unpaired) electrons. The van der Waals surface area contributed by atoms with Gasteiger partial charge in [0.05, 0.1) is 0 Å². The Balaban J connectivity index is 1.88. The highest BCUT2D eigenvalue weighted by Gasteiger charge is 2.29. The second-order valence-corrected chi connectivity index (χ2v) is 20.7. The number of carbonyl (C=O) groups excluding carboxylic acids is 1. The van der Waals surface area contributed by atoms with Gasteiger partial charge in [-0.15, -0.1) is 0 Å². The molecular weight excluding hydrogens is 392 g/mol. The van der Waals surface area contributed by atoms with Gasteiger partial charge in [-0.3, -0.25) is 0 Å². The second-order valence-electron chi connectivity index (χ2n) is 9.45.